The van der Waals surface area contributed by atoms with Gasteiger partial charge in [0.25, 0.3) is 0 Å². The number of tetrazole rings is 1. The normalized spacial score (nSPS) is 11.8. The van der Waals surface area contributed by atoms with Crippen LogP contribution in [0, 0.1) is 0 Å². The van der Waals surface area contributed by atoms with E-state index in [4.69, 9.17) is 10.8 Å². The van der Waals surface area contributed by atoms with Crippen molar-refractivity contribution in [2.45, 2.75) is 25.3 Å². The summed E-state index contributed by atoms with van der Waals surface area (Å²) in [4.78, 5) is 32.8. The Labute approximate surface area is 101 Å². The fraction of sp³-hybridized carbons (Fsp3) is 0.500. The lowest BCUT2D eigenvalue weighted by Gasteiger charge is -2.12. The summed E-state index contributed by atoms with van der Waals surface area (Å²) in [6.45, 7) is 0. The lowest BCUT2D eigenvalue weighted by atomic mass is 10.1. The summed E-state index contributed by atoms with van der Waals surface area (Å²) in [6, 6.07) is -1.17. The van der Waals surface area contributed by atoms with E-state index < -0.39 is 23.8 Å². The van der Waals surface area contributed by atoms with Gasteiger partial charge in [-0.2, -0.15) is 5.21 Å². The van der Waals surface area contributed by atoms with E-state index in [1.807, 2.05) is 0 Å². The number of carboxylic acid groups (broad SMARTS) is 1. The number of amides is 2. The Bertz CT molecular complexity index is 431. The van der Waals surface area contributed by atoms with Crippen LogP contribution in [0.25, 0.3) is 0 Å². The van der Waals surface area contributed by atoms with Crippen molar-refractivity contribution in [3.8, 4) is 0 Å². The highest BCUT2D eigenvalue weighted by molar-refractivity contribution is 5.85. The molecule has 0 spiro atoms. The second kappa shape index (κ2) is 6.27. The van der Waals surface area contributed by atoms with Gasteiger partial charge in [0.2, 0.25) is 11.8 Å². The van der Waals surface area contributed by atoms with Crippen LogP contribution >= 0.6 is 0 Å². The molecule has 1 unspecified atom stereocenters. The van der Waals surface area contributed by atoms with Crippen LogP contribution in [0.1, 0.15) is 18.7 Å². The van der Waals surface area contributed by atoms with E-state index in [1.54, 1.807) is 0 Å². The van der Waals surface area contributed by atoms with Gasteiger partial charge in [0.15, 0.2) is 5.82 Å². The van der Waals surface area contributed by atoms with Crippen molar-refractivity contribution in [2.24, 2.45) is 5.73 Å². The summed E-state index contributed by atoms with van der Waals surface area (Å²) in [5.74, 6) is -2.30. The standard InChI is InChI=1S/C8H12N6O4/c9-5(15)2-1-4(8(17)18)10-7(16)3-6-11-13-14-12-6/h4H,1-3H2,(H2,9,15)(H,10,16)(H,17,18)(H,11,12,13,14). The number of carboxylic acids is 1. The van der Waals surface area contributed by atoms with Crippen molar-refractivity contribution < 1.29 is 19.5 Å². The molecule has 5 N–H and O–H groups in total. The molecule has 0 radical (unpaired) electrons. The SMILES string of the molecule is NC(=O)CCC(NC(=O)Cc1nn[nH]n1)C(=O)O. The predicted octanol–water partition coefficient (Wildman–Crippen LogP) is -2.42. The van der Waals surface area contributed by atoms with E-state index in [2.05, 4.69) is 25.9 Å². The molecule has 0 aliphatic heterocycles. The summed E-state index contributed by atoms with van der Waals surface area (Å²) in [6.07, 6.45) is -0.390. The van der Waals surface area contributed by atoms with Gasteiger partial charge in [0, 0.05) is 6.42 Å². The van der Waals surface area contributed by atoms with Crippen molar-refractivity contribution in [2.75, 3.05) is 0 Å². The van der Waals surface area contributed by atoms with Gasteiger partial charge in [-0.05, 0) is 6.42 Å². The Morgan fingerprint density at radius 2 is 2.17 bits per heavy atom. The molecule has 10 nitrogen and oxygen atoms in total. The molecule has 0 aromatic carbocycles. The van der Waals surface area contributed by atoms with Crippen molar-refractivity contribution >= 4 is 17.8 Å². The number of carbonyl (C=O) groups excluding carboxylic acids is 2. The Balaban J connectivity index is 2.47. The number of nitrogens with zero attached hydrogens (tertiary/aromatic N) is 3. The van der Waals surface area contributed by atoms with Crippen molar-refractivity contribution in [1.29, 1.82) is 0 Å². The molecular formula is C8H12N6O4. The number of aromatic nitrogens is 4. The minimum atomic E-state index is -1.24. The highest BCUT2D eigenvalue weighted by Gasteiger charge is 2.21. The summed E-state index contributed by atoms with van der Waals surface area (Å²) in [5.41, 5.74) is 4.90. The molecule has 18 heavy (non-hydrogen) atoms. The lowest BCUT2D eigenvalue weighted by Crippen LogP contribution is -2.42. The first-order chi connectivity index (χ1) is 8.49. The predicted molar refractivity (Wildman–Crippen MR) is 55.9 cm³/mol. The fourth-order valence-electron chi connectivity index (χ4n) is 1.19. The number of aliphatic carboxylic acids is 1. The number of hydrogen-bond acceptors (Lipinski definition) is 6. The van der Waals surface area contributed by atoms with Gasteiger partial charge in [-0.15, -0.1) is 10.2 Å². The van der Waals surface area contributed by atoms with E-state index in [0.717, 1.165) is 0 Å². The molecule has 0 saturated carbocycles. The minimum Gasteiger partial charge on any atom is -0.480 e. The molecule has 2 amide bonds. The van der Waals surface area contributed by atoms with Crippen LogP contribution in [0.4, 0.5) is 0 Å². The first kappa shape index (κ1) is 13.5. The van der Waals surface area contributed by atoms with E-state index >= 15 is 0 Å². The monoisotopic (exact) mass is 256 g/mol. The molecule has 0 saturated heterocycles. The van der Waals surface area contributed by atoms with Crippen LogP contribution in [-0.4, -0.2) is 49.6 Å². The smallest absolute Gasteiger partial charge is 0.326 e. The third-order valence-electron chi connectivity index (χ3n) is 2.02. The zero-order chi connectivity index (χ0) is 13.5. The average molecular weight is 256 g/mol. The molecule has 98 valence electrons. The van der Waals surface area contributed by atoms with Gasteiger partial charge in [-0.3, -0.25) is 9.59 Å². The molecule has 0 bridgehead atoms. The van der Waals surface area contributed by atoms with Crippen LogP contribution in [0.2, 0.25) is 0 Å². The van der Waals surface area contributed by atoms with Gasteiger partial charge < -0.3 is 16.2 Å². The number of hydrogen-bond donors (Lipinski definition) is 4. The number of rotatable bonds is 7. The van der Waals surface area contributed by atoms with Crippen LogP contribution < -0.4 is 11.1 Å². The molecule has 1 heterocycles. The van der Waals surface area contributed by atoms with E-state index in [9.17, 15) is 14.4 Å². The fourth-order valence-corrected chi connectivity index (χ4v) is 1.19. The topological polar surface area (TPSA) is 164 Å². The van der Waals surface area contributed by atoms with Gasteiger partial charge in [-0.25, -0.2) is 4.79 Å². The van der Waals surface area contributed by atoms with Gasteiger partial charge in [0.1, 0.15) is 6.04 Å². The maximum absolute atomic E-state index is 11.5. The second-order valence-electron chi connectivity index (χ2n) is 3.47. The van der Waals surface area contributed by atoms with Crippen LogP contribution in [0.15, 0.2) is 0 Å². The Morgan fingerprint density at radius 1 is 1.44 bits per heavy atom. The van der Waals surface area contributed by atoms with Gasteiger partial charge in [-0.1, -0.05) is 5.21 Å². The van der Waals surface area contributed by atoms with Gasteiger partial charge >= 0.3 is 5.97 Å². The van der Waals surface area contributed by atoms with E-state index in [-0.39, 0.29) is 25.1 Å². The molecule has 0 aliphatic rings. The molecule has 1 atom stereocenters. The average Bonchev–Trinajstić information content (AvgIpc) is 2.76. The van der Waals surface area contributed by atoms with E-state index in [0.29, 0.717) is 0 Å². The van der Waals surface area contributed by atoms with Crippen LogP contribution in [-0.2, 0) is 20.8 Å². The first-order valence-electron chi connectivity index (χ1n) is 5.02. The highest BCUT2D eigenvalue weighted by atomic mass is 16.4. The maximum Gasteiger partial charge on any atom is 0.326 e. The number of nitrogens with one attached hydrogen (secondary N) is 2. The first-order valence-corrected chi connectivity index (χ1v) is 5.02. The Hall–Kier alpha value is -2.52. The maximum atomic E-state index is 11.5. The van der Waals surface area contributed by atoms with E-state index in [1.165, 1.54) is 0 Å². The number of nitrogens with two attached hydrogens (primary N) is 1. The zero-order valence-electron chi connectivity index (χ0n) is 9.29. The zero-order valence-corrected chi connectivity index (χ0v) is 9.29. The number of aromatic amines is 1. The Kier molecular flexibility index (Phi) is 4.72. The summed E-state index contributed by atoms with van der Waals surface area (Å²) in [5, 5.41) is 23.6. The van der Waals surface area contributed by atoms with Crippen LogP contribution in [0.5, 0.6) is 0 Å². The largest absolute Gasteiger partial charge is 0.480 e. The van der Waals surface area contributed by atoms with Gasteiger partial charge in [0.05, 0.1) is 6.42 Å². The summed E-state index contributed by atoms with van der Waals surface area (Å²) >= 11 is 0. The van der Waals surface area contributed by atoms with Crippen LogP contribution in [0.3, 0.4) is 0 Å². The quantitative estimate of drug-likeness (QED) is 0.421. The third-order valence-corrected chi connectivity index (χ3v) is 2.02. The summed E-state index contributed by atoms with van der Waals surface area (Å²) in [7, 11) is 0. The molecule has 10 heteroatoms. The van der Waals surface area contributed by atoms with Crippen molar-refractivity contribution in [1.82, 2.24) is 25.9 Å². The molecule has 0 fully saturated rings. The minimum absolute atomic E-state index is 0.0668. The molecule has 1 aromatic rings. The van der Waals surface area contributed by atoms with Crippen molar-refractivity contribution in [3.63, 3.8) is 0 Å². The number of primary amides is 1. The number of H-pyrrole nitrogens is 1. The molecule has 1 aromatic heterocycles. The third kappa shape index (κ3) is 4.55. The molecule has 1 rings (SSSR count). The van der Waals surface area contributed by atoms with Crippen molar-refractivity contribution in [3.05, 3.63) is 5.82 Å². The lowest BCUT2D eigenvalue weighted by molar-refractivity contribution is -0.142. The Morgan fingerprint density at radius 3 is 2.67 bits per heavy atom. The molecular weight excluding hydrogens is 244 g/mol. The number of carbonyl (C=O) groups is 3. The second-order valence-corrected chi connectivity index (χ2v) is 3.47. The molecule has 0 aliphatic carbocycles. The highest BCUT2D eigenvalue weighted by Crippen LogP contribution is 1.98. The summed E-state index contributed by atoms with van der Waals surface area (Å²) < 4.78 is 0.